The van der Waals surface area contributed by atoms with Gasteiger partial charge in [0.2, 0.25) is 5.76 Å². The highest BCUT2D eigenvalue weighted by Gasteiger charge is 2.25. The second-order valence-corrected chi connectivity index (χ2v) is 5.11. The number of nitrogens with zero attached hydrogens (tertiary/aromatic N) is 2. The van der Waals surface area contributed by atoms with E-state index >= 15 is 0 Å². The highest BCUT2D eigenvalue weighted by Crippen LogP contribution is 2.16. The minimum Gasteiger partial charge on any atom is -0.351 e. The van der Waals surface area contributed by atoms with E-state index < -0.39 is 17.9 Å². The van der Waals surface area contributed by atoms with Gasteiger partial charge in [0.1, 0.15) is 11.9 Å². The summed E-state index contributed by atoms with van der Waals surface area (Å²) in [6, 6.07) is 11.1. The van der Waals surface area contributed by atoms with Gasteiger partial charge in [-0.25, -0.2) is 0 Å². The van der Waals surface area contributed by atoms with Gasteiger partial charge in [-0.05, 0) is 12.5 Å². The molecule has 0 bridgehead atoms. The lowest BCUT2D eigenvalue weighted by Crippen LogP contribution is -2.37. The Morgan fingerprint density at radius 3 is 2.62 bits per heavy atom. The molecule has 0 spiro atoms. The van der Waals surface area contributed by atoms with Crippen LogP contribution >= 0.6 is 0 Å². The Balaban J connectivity index is 1.82. The van der Waals surface area contributed by atoms with Gasteiger partial charge in [0.25, 0.3) is 11.8 Å². The second-order valence-electron chi connectivity index (χ2n) is 5.11. The maximum atomic E-state index is 12.6. The highest BCUT2D eigenvalue weighted by atomic mass is 16.5. The minimum atomic E-state index is -0.896. The van der Waals surface area contributed by atoms with Crippen LogP contribution in [0.4, 0.5) is 5.82 Å². The molecule has 0 saturated carbocycles. The first kappa shape index (κ1) is 15.5. The van der Waals surface area contributed by atoms with Gasteiger partial charge >= 0.3 is 0 Å². The molecule has 1 atom stereocenters. The summed E-state index contributed by atoms with van der Waals surface area (Å²) < 4.78 is 4.94. The van der Waals surface area contributed by atoms with Crippen LogP contribution in [0.2, 0.25) is 0 Å². The number of rotatable bonds is 5. The van der Waals surface area contributed by atoms with Crippen LogP contribution in [0.25, 0.3) is 0 Å². The Morgan fingerprint density at radius 2 is 2.00 bits per heavy atom. The van der Waals surface area contributed by atoms with Crippen molar-refractivity contribution in [3.63, 3.8) is 0 Å². The molecule has 3 aromatic rings. The third kappa shape index (κ3) is 3.49. The Bertz CT molecular complexity index is 827. The number of aromatic amines is 1. The number of benzene rings is 1. The highest BCUT2D eigenvalue weighted by molar-refractivity contribution is 6.00. The van der Waals surface area contributed by atoms with Crippen LogP contribution in [0.5, 0.6) is 0 Å². The second kappa shape index (κ2) is 6.78. The molecule has 2 amide bonds. The van der Waals surface area contributed by atoms with Crippen molar-refractivity contribution < 1.29 is 14.1 Å². The lowest BCUT2D eigenvalue weighted by Gasteiger charge is -2.17. The van der Waals surface area contributed by atoms with Crippen molar-refractivity contribution in [1.82, 2.24) is 20.7 Å². The SMILES string of the molecule is Cc1cc(C(=O)N[C@H](C(=O)Nc2ccn[nH]2)c2ccccc2)on1. The minimum absolute atomic E-state index is 0.0442. The first-order valence-electron chi connectivity index (χ1n) is 7.23. The van der Waals surface area contributed by atoms with Crippen molar-refractivity contribution in [2.45, 2.75) is 13.0 Å². The summed E-state index contributed by atoms with van der Waals surface area (Å²) in [5.74, 6) is -0.451. The number of aryl methyl sites for hydroxylation is 1. The van der Waals surface area contributed by atoms with Gasteiger partial charge in [-0.15, -0.1) is 0 Å². The zero-order chi connectivity index (χ0) is 16.9. The van der Waals surface area contributed by atoms with Gasteiger partial charge < -0.3 is 15.2 Å². The van der Waals surface area contributed by atoms with E-state index in [-0.39, 0.29) is 5.76 Å². The zero-order valence-electron chi connectivity index (χ0n) is 12.8. The number of anilines is 1. The molecule has 122 valence electrons. The Labute approximate surface area is 137 Å². The number of carbonyl (C=O) groups excluding carboxylic acids is 2. The standard InChI is InChI=1S/C16H15N5O3/c1-10-9-12(24-21-10)15(22)19-14(11-5-3-2-4-6-11)16(23)18-13-7-8-17-20-13/h2-9,14H,1H3,(H,19,22)(H2,17,18,20,23)/t14-/m0/s1. The van der Waals surface area contributed by atoms with E-state index in [0.29, 0.717) is 17.1 Å². The van der Waals surface area contributed by atoms with E-state index in [1.54, 1.807) is 37.3 Å². The monoisotopic (exact) mass is 325 g/mol. The molecule has 0 saturated heterocycles. The third-order valence-corrected chi connectivity index (χ3v) is 3.28. The fourth-order valence-electron chi connectivity index (χ4n) is 2.15. The van der Waals surface area contributed by atoms with E-state index in [0.717, 1.165) is 0 Å². The van der Waals surface area contributed by atoms with Crippen LogP contribution in [0.1, 0.15) is 27.9 Å². The number of H-pyrrole nitrogens is 1. The molecular weight excluding hydrogens is 310 g/mol. The summed E-state index contributed by atoms with van der Waals surface area (Å²) in [6.07, 6.45) is 1.52. The Kier molecular flexibility index (Phi) is 4.37. The van der Waals surface area contributed by atoms with Crippen molar-refractivity contribution in [1.29, 1.82) is 0 Å². The molecule has 1 aromatic carbocycles. The molecule has 3 rings (SSSR count). The van der Waals surface area contributed by atoms with Crippen LogP contribution in [0, 0.1) is 6.92 Å². The van der Waals surface area contributed by atoms with Gasteiger partial charge in [0.15, 0.2) is 0 Å². The molecule has 2 aromatic heterocycles. The zero-order valence-corrected chi connectivity index (χ0v) is 12.8. The first-order valence-corrected chi connectivity index (χ1v) is 7.23. The molecule has 0 aliphatic heterocycles. The van der Waals surface area contributed by atoms with Crippen LogP contribution in [0.15, 0.2) is 53.2 Å². The molecule has 0 radical (unpaired) electrons. The molecule has 2 heterocycles. The van der Waals surface area contributed by atoms with Crippen LogP contribution < -0.4 is 10.6 Å². The van der Waals surface area contributed by atoms with E-state index in [9.17, 15) is 9.59 Å². The number of hydrogen-bond donors (Lipinski definition) is 3. The average Bonchev–Trinajstić information content (AvgIpc) is 3.24. The number of nitrogens with one attached hydrogen (secondary N) is 3. The number of carbonyl (C=O) groups is 2. The maximum Gasteiger partial charge on any atom is 0.290 e. The average molecular weight is 325 g/mol. The molecule has 8 heteroatoms. The van der Waals surface area contributed by atoms with E-state index in [2.05, 4.69) is 26.0 Å². The molecule has 0 unspecified atom stereocenters. The molecule has 0 fully saturated rings. The Morgan fingerprint density at radius 1 is 1.21 bits per heavy atom. The summed E-state index contributed by atoms with van der Waals surface area (Å²) in [5.41, 5.74) is 1.22. The predicted molar refractivity (Wildman–Crippen MR) is 85.1 cm³/mol. The summed E-state index contributed by atoms with van der Waals surface area (Å²) in [7, 11) is 0. The Hall–Kier alpha value is -3.42. The van der Waals surface area contributed by atoms with E-state index in [1.165, 1.54) is 12.3 Å². The van der Waals surface area contributed by atoms with Gasteiger partial charge in [-0.2, -0.15) is 5.10 Å². The fourth-order valence-corrected chi connectivity index (χ4v) is 2.15. The van der Waals surface area contributed by atoms with E-state index in [1.807, 2.05) is 6.07 Å². The molecule has 3 N–H and O–H groups in total. The van der Waals surface area contributed by atoms with Crippen LogP contribution in [-0.2, 0) is 4.79 Å². The lowest BCUT2D eigenvalue weighted by molar-refractivity contribution is -0.118. The normalized spacial score (nSPS) is 11.7. The number of hydrogen-bond acceptors (Lipinski definition) is 5. The molecule has 0 aliphatic carbocycles. The summed E-state index contributed by atoms with van der Waals surface area (Å²) in [5, 5.41) is 15.4. The quantitative estimate of drug-likeness (QED) is 0.662. The number of aromatic nitrogens is 3. The molecule has 24 heavy (non-hydrogen) atoms. The topological polar surface area (TPSA) is 113 Å². The van der Waals surface area contributed by atoms with Crippen molar-refractivity contribution >= 4 is 17.6 Å². The van der Waals surface area contributed by atoms with Crippen molar-refractivity contribution in [3.8, 4) is 0 Å². The third-order valence-electron chi connectivity index (χ3n) is 3.28. The van der Waals surface area contributed by atoms with Gasteiger partial charge in [0.05, 0.1) is 11.9 Å². The van der Waals surface area contributed by atoms with Gasteiger partial charge in [-0.3, -0.25) is 14.7 Å². The van der Waals surface area contributed by atoms with Gasteiger partial charge in [-0.1, -0.05) is 35.5 Å². The summed E-state index contributed by atoms with van der Waals surface area (Å²) in [4.78, 5) is 24.9. The fraction of sp³-hybridized carbons (Fsp3) is 0.125. The lowest BCUT2D eigenvalue weighted by atomic mass is 10.1. The van der Waals surface area contributed by atoms with Crippen molar-refractivity contribution in [2.75, 3.05) is 5.32 Å². The van der Waals surface area contributed by atoms with Gasteiger partial charge in [0, 0.05) is 12.1 Å². The molecule has 8 nitrogen and oxygen atoms in total. The first-order chi connectivity index (χ1) is 11.6. The maximum absolute atomic E-state index is 12.6. The van der Waals surface area contributed by atoms with Crippen LogP contribution in [0.3, 0.4) is 0 Å². The van der Waals surface area contributed by atoms with Crippen molar-refractivity contribution in [2.24, 2.45) is 0 Å². The summed E-state index contributed by atoms with van der Waals surface area (Å²) >= 11 is 0. The molecular formula is C16H15N5O3. The van der Waals surface area contributed by atoms with Crippen LogP contribution in [-0.4, -0.2) is 27.2 Å². The predicted octanol–water partition coefficient (Wildman–Crippen LogP) is 1.82. The number of amides is 2. The molecule has 0 aliphatic rings. The van der Waals surface area contributed by atoms with Crippen molar-refractivity contribution in [3.05, 3.63) is 65.7 Å². The largest absolute Gasteiger partial charge is 0.351 e. The van der Waals surface area contributed by atoms with E-state index in [4.69, 9.17) is 4.52 Å². The smallest absolute Gasteiger partial charge is 0.290 e. The summed E-state index contributed by atoms with van der Waals surface area (Å²) in [6.45, 7) is 1.71.